The van der Waals surface area contributed by atoms with E-state index in [1.807, 2.05) is 19.1 Å². The van der Waals surface area contributed by atoms with Crippen LogP contribution in [-0.2, 0) is 0 Å². The molecule has 2 N–H and O–H groups in total. The Labute approximate surface area is 121 Å². The molecule has 1 saturated carbocycles. The van der Waals surface area contributed by atoms with Crippen LogP contribution in [0.3, 0.4) is 0 Å². The number of rotatable bonds is 4. The summed E-state index contributed by atoms with van der Waals surface area (Å²) in [4.78, 5) is 16.4. The van der Waals surface area contributed by atoms with E-state index >= 15 is 0 Å². The van der Waals surface area contributed by atoms with E-state index < -0.39 is 0 Å². The van der Waals surface area contributed by atoms with Gasteiger partial charge in [-0.3, -0.25) is 9.78 Å². The predicted octanol–water partition coefficient (Wildman–Crippen LogP) is 3.36. The minimum Gasteiger partial charge on any atom is -0.385 e. The van der Waals surface area contributed by atoms with Gasteiger partial charge in [0.2, 0.25) is 0 Å². The van der Waals surface area contributed by atoms with Gasteiger partial charge in [0.05, 0.1) is 0 Å². The van der Waals surface area contributed by atoms with Gasteiger partial charge in [0.15, 0.2) is 0 Å². The third-order valence-corrected chi connectivity index (χ3v) is 3.81. The highest BCUT2D eigenvalue weighted by atomic mass is 16.1. The second-order valence-electron chi connectivity index (χ2n) is 5.48. The highest BCUT2D eigenvalue weighted by Gasteiger charge is 2.16. The van der Waals surface area contributed by atoms with Crippen LogP contribution in [0, 0.1) is 0 Å². The number of carbonyl (C=O) groups is 1. The summed E-state index contributed by atoms with van der Waals surface area (Å²) < 4.78 is 0. The van der Waals surface area contributed by atoms with Gasteiger partial charge in [-0.2, -0.15) is 0 Å². The third-order valence-electron chi connectivity index (χ3n) is 3.81. The van der Waals surface area contributed by atoms with Crippen LogP contribution in [0.2, 0.25) is 0 Å². The van der Waals surface area contributed by atoms with E-state index in [-0.39, 0.29) is 5.91 Å². The number of hydrogen-bond acceptors (Lipinski definition) is 3. The lowest BCUT2D eigenvalue weighted by molar-refractivity contribution is 0.0925. The Balaban J connectivity index is 1.94. The summed E-state index contributed by atoms with van der Waals surface area (Å²) in [6, 6.07) is 4.02. The molecule has 1 aliphatic rings. The zero-order valence-corrected chi connectivity index (χ0v) is 12.3. The first-order valence-corrected chi connectivity index (χ1v) is 7.80. The highest BCUT2D eigenvalue weighted by Crippen LogP contribution is 2.17. The van der Waals surface area contributed by atoms with Gasteiger partial charge in [-0.1, -0.05) is 32.1 Å². The van der Waals surface area contributed by atoms with Crippen LogP contribution in [-0.4, -0.2) is 23.5 Å². The molecule has 0 atom stereocenters. The summed E-state index contributed by atoms with van der Waals surface area (Å²) in [5.74, 6) is -0.0460. The number of carbonyl (C=O) groups excluding carboxylic acids is 1. The van der Waals surface area contributed by atoms with Crippen molar-refractivity contribution in [1.82, 2.24) is 10.3 Å². The SMILES string of the molecule is CCNc1ccnc(C(=O)NC2CCCCCCC2)c1. The van der Waals surface area contributed by atoms with Crippen LogP contribution in [0.15, 0.2) is 18.3 Å². The molecule has 0 spiro atoms. The fourth-order valence-corrected chi connectivity index (χ4v) is 2.73. The van der Waals surface area contributed by atoms with E-state index in [4.69, 9.17) is 0 Å². The molecular formula is C16H25N3O. The molecule has 4 nitrogen and oxygen atoms in total. The molecule has 0 bridgehead atoms. The van der Waals surface area contributed by atoms with Gasteiger partial charge in [-0.15, -0.1) is 0 Å². The molecule has 1 aromatic rings. The lowest BCUT2D eigenvalue weighted by Gasteiger charge is -2.20. The van der Waals surface area contributed by atoms with E-state index in [9.17, 15) is 4.79 Å². The molecule has 0 aliphatic heterocycles. The zero-order valence-electron chi connectivity index (χ0n) is 12.3. The summed E-state index contributed by atoms with van der Waals surface area (Å²) in [7, 11) is 0. The van der Waals surface area contributed by atoms with Gasteiger partial charge in [0, 0.05) is 24.5 Å². The van der Waals surface area contributed by atoms with Gasteiger partial charge in [0.25, 0.3) is 5.91 Å². The number of nitrogens with zero attached hydrogens (tertiary/aromatic N) is 1. The first-order chi connectivity index (χ1) is 9.79. The lowest BCUT2D eigenvalue weighted by Crippen LogP contribution is -2.35. The van der Waals surface area contributed by atoms with Crippen molar-refractivity contribution < 1.29 is 4.79 Å². The maximum Gasteiger partial charge on any atom is 0.270 e. The van der Waals surface area contributed by atoms with Crippen molar-refractivity contribution in [2.24, 2.45) is 0 Å². The summed E-state index contributed by atoms with van der Waals surface area (Å²) in [6.07, 6.45) is 10.2. The quantitative estimate of drug-likeness (QED) is 0.886. The second-order valence-corrected chi connectivity index (χ2v) is 5.48. The minimum absolute atomic E-state index is 0.0460. The first-order valence-electron chi connectivity index (χ1n) is 7.80. The van der Waals surface area contributed by atoms with Crippen molar-refractivity contribution >= 4 is 11.6 Å². The number of nitrogens with one attached hydrogen (secondary N) is 2. The maximum absolute atomic E-state index is 12.3. The normalized spacial score (nSPS) is 17.1. The molecule has 1 fully saturated rings. The van der Waals surface area contributed by atoms with Crippen LogP contribution >= 0.6 is 0 Å². The van der Waals surface area contributed by atoms with Crippen LogP contribution in [0.4, 0.5) is 5.69 Å². The number of hydrogen-bond donors (Lipinski definition) is 2. The van der Waals surface area contributed by atoms with Crippen molar-refractivity contribution in [2.75, 3.05) is 11.9 Å². The zero-order chi connectivity index (χ0) is 14.2. The fourth-order valence-electron chi connectivity index (χ4n) is 2.73. The molecule has 20 heavy (non-hydrogen) atoms. The molecule has 0 saturated heterocycles. The number of aromatic nitrogens is 1. The Morgan fingerprint density at radius 2 is 1.95 bits per heavy atom. The monoisotopic (exact) mass is 275 g/mol. The average Bonchev–Trinajstić information content (AvgIpc) is 2.42. The Morgan fingerprint density at radius 1 is 1.25 bits per heavy atom. The van der Waals surface area contributed by atoms with Crippen LogP contribution in [0.5, 0.6) is 0 Å². The lowest BCUT2D eigenvalue weighted by atomic mass is 9.96. The van der Waals surface area contributed by atoms with Gasteiger partial charge >= 0.3 is 0 Å². The minimum atomic E-state index is -0.0460. The summed E-state index contributed by atoms with van der Waals surface area (Å²) in [5.41, 5.74) is 1.45. The van der Waals surface area contributed by atoms with E-state index in [0.29, 0.717) is 11.7 Å². The number of anilines is 1. The van der Waals surface area contributed by atoms with Crippen LogP contribution < -0.4 is 10.6 Å². The van der Waals surface area contributed by atoms with Crippen molar-refractivity contribution in [3.05, 3.63) is 24.0 Å². The van der Waals surface area contributed by atoms with Crippen molar-refractivity contribution in [3.8, 4) is 0 Å². The van der Waals surface area contributed by atoms with Crippen molar-refractivity contribution in [1.29, 1.82) is 0 Å². The van der Waals surface area contributed by atoms with E-state index in [2.05, 4.69) is 15.6 Å². The number of amides is 1. The average molecular weight is 275 g/mol. The van der Waals surface area contributed by atoms with E-state index in [1.54, 1.807) is 6.20 Å². The van der Waals surface area contributed by atoms with Gasteiger partial charge < -0.3 is 10.6 Å². The van der Waals surface area contributed by atoms with Crippen LogP contribution in [0.25, 0.3) is 0 Å². The van der Waals surface area contributed by atoms with Crippen LogP contribution in [0.1, 0.15) is 62.4 Å². The molecule has 0 radical (unpaired) electrons. The van der Waals surface area contributed by atoms with E-state index in [1.165, 1.54) is 32.1 Å². The largest absolute Gasteiger partial charge is 0.385 e. The summed E-state index contributed by atoms with van der Waals surface area (Å²) in [5, 5.41) is 6.35. The number of pyridine rings is 1. The Bertz CT molecular complexity index is 425. The molecule has 0 aromatic carbocycles. The molecule has 1 aromatic heterocycles. The fraction of sp³-hybridized carbons (Fsp3) is 0.625. The molecule has 0 unspecified atom stereocenters. The van der Waals surface area contributed by atoms with Crippen molar-refractivity contribution in [2.45, 2.75) is 57.9 Å². The second kappa shape index (κ2) is 7.88. The summed E-state index contributed by atoms with van der Waals surface area (Å²) in [6.45, 7) is 2.88. The van der Waals surface area contributed by atoms with Gasteiger partial charge in [-0.05, 0) is 31.9 Å². The molecule has 1 heterocycles. The molecule has 110 valence electrons. The molecule has 4 heteroatoms. The molecule has 1 amide bonds. The van der Waals surface area contributed by atoms with Gasteiger partial charge in [0.1, 0.15) is 5.69 Å². The predicted molar refractivity (Wildman–Crippen MR) is 82.0 cm³/mol. The maximum atomic E-state index is 12.3. The first kappa shape index (κ1) is 14.8. The third kappa shape index (κ3) is 4.51. The van der Waals surface area contributed by atoms with E-state index in [0.717, 1.165) is 25.1 Å². The molecule has 2 rings (SSSR count). The highest BCUT2D eigenvalue weighted by molar-refractivity contribution is 5.93. The van der Waals surface area contributed by atoms with Crippen molar-refractivity contribution in [3.63, 3.8) is 0 Å². The Kier molecular flexibility index (Phi) is 5.84. The topological polar surface area (TPSA) is 54.0 Å². The molecule has 1 aliphatic carbocycles. The Hall–Kier alpha value is -1.58. The molecular weight excluding hydrogens is 250 g/mol. The Morgan fingerprint density at radius 3 is 2.65 bits per heavy atom. The van der Waals surface area contributed by atoms with Gasteiger partial charge in [-0.25, -0.2) is 0 Å². The smallest absolute Gasteiger partial charge is 0.270 e. The summed E-state index contributed by atoms with van der Waals surface area (Å²) >= 11 is 0. The standard InChI is InChI=1S/C16H25N3O/c1-2-17-14-10-11-18-15(12-14)16(20)19-13-8-6-4-3-5-7-9-13/h10-13H,2-9H2,1H3,(H,17,18)(H,19,20).